The largest absolute Gasteiger partial charge is 0.370 e. The van der Waals surface area contributed by atoms with E-state index >= 15 is 0 Å². The van der Waals surface area contributed by atoms with Crippen LogP contribution in [-0.2, 0) is 11.8 Å². The molecule has 214 valence electrons. The van der Waals surface area contributed by atoms with Crippen LogP contribution in [0, 0.1) is 0 Å². The molecule has 1 aromatic heterocycles. The Kier molecular flexibility index (Phi) is 12.2. The molecule has 1 heterocycles. The third-order valence-corrected chi connectivity index (χ3v) is 6.84. The molecule has 0 aliphatic carbocycles. The third-order valence-electron chi connectivity index (χ3n) is 6.13. The highest BCUT2D eigenvalue weighted by atomic mass is 79.9. The number of amides is 3. The van der Waals surface area contributed by atoms with Gasteiger partial charge >= 0.3 is 0 Å². The van der Waals surface area contributed by atoms with Crippen molar-refractivity contribution >= 4 is 72.3 Å². The van der Waals surface area contributed by atoms with Gasteiger partial charge in [0.2, 0.25) is 5.91 Å². The molecule has 2 aromatic carbocycles. The van der Waals surface area contributed by atoms with E-state index < -0.39 is 0 Å². The molecule has 0 saturated carbocycles. The first-order chi connectivity index (χ1) is 19.2. The molecule has 0 saturated heterocycles. The molecule has 3 N–H and O–H groups in total. The van der Waals surface area contributed by atoms with Crippen LogP contribution in [0.15, 0.2) is 60.8 Å². The zero-order chi connectivity index (χ0) is 29.1. The average molecular weight is 676 g/mol. The van der Waals surface area contributed by atoms with Gasteiger partial charge in [-0.15, -0.1) is 0 Å². The molecule has 11 heteroatoms. The van der Waals surface area contributed by atoms with Crippen molar-refractivity contribution in [2.75, 3.05) is 65.2 Å². The fraction of sp³-hybridized carbons (Fsp3) is 0.345. The number of halogens is 2. The van der Waals surface area contributed by atoms with E-state index in [1.807, 2.05) is 43.3 Å². The second kappa shape index (κ2) is 15.6. The predicted molar refractivity (Wildman–Crippen MR) is 170 cm³/mol. The monoisotopic (exact) mass is 674 g/mol. The summed E-state index contributed by atoms with van der Waals surface area (Å²) in [5.41, 5.74) is 3.75. The van der Waals surface area contributed by atoms with Crippen molar-refractivity contribution in [3.63, 3.8) is 0 Å². The molecular formula is C29H36Br2N6O3. The number of alkyl halides is 2. The van der Waals surface area contributed by atoms with Crippen molar-refractivity contribution in [3.05, 3.63) is 72.1 Å². The van der Waals surface area contributed by atoms with Crippen LogP contribution in [0.4, 0.5) is 22.7 Å². The highest BCUT2D eigenvalue weighted by Crippen LogP contribution is 2.21. The summed E-state index contributed by atoms with van der Waals surface area (Å²) in [6.07, 6.45) is 2.90. The van der Waals surface area contributed by atoms with Gasteiger partial charge in [-0.25, -0.2) is 0 Å². The quantitative estimate of drug-likeness (QED) is 0.199. The number of hydrogen-bond acceptors (Lipinski definition) is 5. The van der Waals surface area contributed by atoms with Crippen LogP contribution < -0.4 is 20.9 Å². The van der Waals surface area contributed by atoms with Gasteiger partial charge in [0.1, 0.15) is 5.69 Å². The Hall–Kier alpha value is -3.15. The number of carbonyl (C=O) groups is 3. The number of anilines is 4. The van der Waals surface area contributed by atoms with Crippen LogP contribution >= 0.6 is 31.9 Å². The second-order valence-corrected chi connectivity index (χ2v) is 11.2. The van der Waals surface area contributed by atoms with Crippen LogP contribution in [0.25, 0.3) is 0 Å². The summed E-state index contributed by atoms with van der Waals surface area (Å²) in [7, 11) is 5.70. The van der Waals surface area contributed by atoms with Crippen LogP contribution in [0.1, 0.15) is 33.7 Å². The van der Waals surface area contributed by atoms with E-state index in [1.54, 1.807) is 48.1 Å². The summed E-state index contributed by atoms with van der Waals surface area (Å²) < 4.78 is 1.67. The van der Waals surface area contributed by atoms with E-state index in [1.165, 1.54) is 0 Å². The normalized spacial score (nSPS) is 10.8. The smallest absolute Gasteiger partial charge is 0.272 e. The van der Waals surface area contributed by atoms with E-state index in [2.05, 4.69) is 52.7 Å². The molecule has 0 atom stereocenters. The summed E-state index contributed by atoms with van der Waals surface area (Å²) >= 11 is 6.98. The van der Waals surface area contributed by atoms with Gasteiger partial charge in [-0.1, -0.05) is 31.9 Å². The zero-order valence-corrected chi connectivity index (χ0v) is 26.2. The highest BCUT2D eigenvalue weighted by Gasteiger charge is 2.15. The van der Waals surface area contributed by atoms with E-state index in [0.717, 1.165) is 42.4 Å². The van der Waals surface area contributed by atoms with Gasteiger partial charge in [0.25, 0.3) is 11.8 Å². The molecule has 0 aliphatic heterocycles. The number of benzene rings is 2. The molecule has 3 rings (SSSR count). The molecule has 0 fully saturated rings. The first kappa shape index (κ1) is 31.4. The average Bonchev–Trinajstić information content (AvgIpc) is 3.29. The Morgan fingerprint density at radius 2 is 1.35 bits per heavy atom. The van der Waals surface area contributed by atoms with Crippen molar-refractivity contribution in [1.29, 1.82) is 0 Å². The SMILES string of the molecule is CN(C)CCCC(=O)Nc1ccc(C(=O)Nc2cc(C(=O)Nc3ccc(N(CCBr)CCBr)cc3)n(C)c2)cc1. The van der Waals surface area contributed by atoms with Crippen molar-refractivity contribution in [1.82, 2.24) is 9.47 Å². The van der Waals surface area contributed by atoms with E-state index in [0.29, 0.717) is 34.7 Å². The predicted octanol–water partition coefficient (Wildman–Crippen LogP) is 5.41. The van der Waals surface area contributed by atoms with Crippen molar-refractivity contribution < 1.29 is 14.4 Å². The van der Waals surface area contributed by atoms with E-state index in [4.69, 9.17) is 0 Å². The van der Waals surface area contributed by atoms with E-state index in [9.17, 15) is 14.4 Å². The Bertz CT molecular complexity index is 1270. The molecule has 40 heavy (non-hydrogen) atoms. The number of aromatic nitrogens is 1. The standard InChI is InChI=1S/C29H36Br2N6O3/c1-35(2)16-4-5-27(38)32-22-8-6-21(7-9-22)28(39)34-24-19-26(36(3)20-24)29(40)33-23-10-12-25(13-11-23)37(17-14-30)18-15-31/h6-13,19-20H,4-5,14-18H2,1-3H3,(H,32,38)(H,33,40)(H,34,39). The number of rotatable bonds is 14. The second-order valence-electron chi connectivity index (χ2n) is 9.58. The number of nitrogens with zero attached hydrogens (tertiary/aromatic N) is 3. The van der Waals surface area contributed by atoms with Crippen molar-refractivity contribution in [3.8, 4) is 0 Å². The fourth-order valence-corrected chi connectivity index (χ4v) is 4.93. The van der Waals surface area contributed by atoms with Crippen LogP contribution in [-0.4, -0.2) is 71.6 Å². The number of aryl methyl sites for hydroxylation is 1. The molecule has 9 nitrogen and oxygen atoms in total. The zero-order valence-electron chi connectivity index (χ0n) is 23.0. The maximum atomic E-state index is 12.9. The van der Waals surface area contributed by atoms with Crippen LogP contribution in [0.5, 0.6) is 0 Å². The van der Waals surface area contributed by atoms with Gasteiger partial charge in [0, 0.05) is 66.0 Å². The van der Waals surface area contributed by atoms with Crippen LogP contribution in [0.2, 0.25) is 0 Å². The lowest BCUT2D eigenvalue weighted by Gasteiger charge is -2.23. The van der Waals surface area contributed by atoms with Crippen LogP contribution in [0.3, 0.4) is 0 Å². The molecule has 0 aliphatic rings. The minimum Gasteiger partial charge on any atom is -0.370 e. The van der Waals surface area contributed by atoms with E-state index in [-0.39, 0.29) is 17.7 Å². The first-order valence-electron chi connectivity index (χ1n) is 13.0. The fourth-order valence-electron chi connectivity index (χ4n) is 4.07. The van der Waals surface area contributed by atoms with Gasteiger partial charge in [-0.05, 0) is 81.7 Å². The lowest BCUT2D eigenvalue weighted by atomic mass is 10.2. The molecular weight excluding hydrogens is 640 g/mol. The minimum atomic E-state index is -0.312. The van der Waals surface area contributed by atoms with Gasteiger partial charge < -0.3 is 30.3 Å². The first-order valence-corrected chi connectivity index (χ1v) is 15.2. The van der Waals surface area contributed by atoms with Gasteiger partial charge in [0.05, 0.1) is 5.69 Å². The van der Waals surface area contributed by atoms with Gasteiger partial charge in [0.15, 0.2) is 0 Å². The summed E-state index contributed by atoms with van der Waals surface area (Å²) in [5.74, 6) is -0.649. The number of hydrogen-bond donors (Lipinski definition) is 3. The molecule has 0 bridgehead atoms. The number of carbonyl (C=O) groups excluding carboxylic acids is 3. The Labute approximate surface area is 252 Å². The highest BCUT2D eigenvalue weighted by molar-refractivity contribution is 9.09. The maximum Gasteiger partial charge on any atom is 0.272 e. The summed E-state index contributed by atoms with van der Waals surface area (Å²) in [6.45, 7) is 2.61. The summed E-state index contributed by atoms with van der Waals surface area (Å²) in [4.78, 5) is 42.1. The molecule has 0 unspecified atom stereocenters. The molecule has 0 radical (unpaired) electrons. The third kappa shape index (κ3) is 9.50. The van der Waals surface area contributed by atoms with Crippen molar-refractivity contribution in [2.24, 2.45) is 7.05 Å². The number of nitrogens with one attached hydrogen (secondary N) is 3. The Balaban J connectivity index is 1.56. The molecule has 0 spiro atoms. The maximum absolute atomic E-state index is 12.9. The molecule has 3 amide bonds. The lowest BCUT2D eigenvalue weighted by molar-refractivity contribution is -0.116. The minimum absolute atomic E-state index is 0.0589. The van der Waals surface area contributed by atoms with Gasteiger partial charge in [-0.3, -0.25) is 14.4 Å². The molecule has 3 aromatic rings. The Morgan fingerprint density at radius 3 is 1.95 bits per heavy atom. The Morgan fingerprint density at radius 1 is 0.775 bits per heavy atom. The lowest BCUT2D eigenvalue weighted by Crippen LogP contribution is -2.27. The topological polar surface area (TPSA) is 98.7 Å². The summed E-state index contributed by atoms with van der Waals surface area (Å²) in [5, 5.41) is 10.3. The van der Waals surface area contributed by atoms with Gasteiger partial charge in [-0.2, -0.15) is 0 Å². The summed E-state index contributed by atoms with van der Waals surface area (Å²) in [6, 6.07) is 16.1. The van der Waals surface area contributed by atoms with Crippen molar-refractivity contribution in [2.45, 2.75) is 12.8 Å².